The van der Waals surface area contributed by atoms with Crippen LogP contribution in [-0.4, -0.2) is 50.9 Å². The Kier molecular flexibility index (Phi) is 7.20. The van der Waals surface area contributed by atoms with Crippen molar-refractivity contribution in [1.29, 1.82) is 0 Å². The van der Waals surface area contributed by atoms with Crippen molar-refractivity contribution in [3.05, 3.63) is 28.8 Å². The highest BCUT2D eigenvalue weighted by atomic mass is 32.2. The van der Waals surface area contributed by atoms with Crippen molar-refractivity contribution < 1.29 is 27.9 Å². The molecule has 27 heavy (non-hydrogen) atoms. The van der Waals surface area contributed by atoms with Crippen LogP contribution in [0.25, 0.3) is 0 Å². The molecule has 0 aliphatic heterocycles. The van der Waals surface area contributed by atoms with Gasteiger partial charge in [-0.2, -0.15) is 0 Å². The van der Waals surface area contributed by atoms with Crippen molar-refractivity contribution in [2.24, 2.45) is 5.92 Å². The molecule has 9 heteroatoms. The van der Waals surface area contributed by atoms with Gasteiger partial charge in [-0.25, -0.2) is 17.9 Å². The highest BCUT2D eigenvalue weighted by molar-refractivity contribution is 7.89. The van der Waals surface area contributed by atoms with Crippen molar-refractivity contribution in [1.82, 2.24) is 10.0 Å². The first-order valence-corrected chi connectivity index (χ1v) is 10.5. The van der Waals surface area contributed by atoms with E-state index in [4.69, 9.17) is 9.84 Å². The molecule has 0 aromatic heterocycles. The number of benzene rings is 1. The first-order valence-electron chi connectivity index (χ1n) is 8.89. The molecule has 150 valence electrons. The lowest BCUT2D eigenvalue weighted by Gasteiger charge is -2.25. The van der Waals surface area contributed by atoms with Crippen LogP contribution >= 0.6 is 0 Å². The van der Waals surface area contributed by atoms with Gasteiger partial charge in [-0.3, -0.25) is 4.79 Å². The van der Waals surface area contributed by atoms with E-state index >= 15 is 0 Å². The number of ether oxygens (including phenoxy) is 1. The zero-order valence-corrected chi connectivity index (χ0v) is 16.4. The van der Waals surface area contributed by atoms with E-state index in [1.165, 1.54) is 0 Å². The predicted octanol–water partition coefficient (Wildman–Crippen LogP) is 1.22. The molecule has 1 aliphatic rings. The van der Waals surface area contributed by atoms with Crippen molar-refractivity contribution in [3.8, 4) is 5.75 Å². The molecule has 0 heterocycles. The molecule has 8 nitrogen and oxygen atoms in total. The largest absolute Gasteiger partial charge is 0.481 e. The molecule has 0 saturated heterocycles. The molecule has 0 unspecified atom stereocenters. The van der Waals surface area contributed by atoms with Crippen molar-refractivity contribution in [2.45, 2.75) is 33.1 Å². The monoisotopic (exact) mass is 398 g/mol. The summed E-state index contributed by atoms with van der Waals surface area (Å²) in [7, 11) is -3.41. The van der Waals surface area contributed by atoms with E-state index in [1.807, 2.05) is 0 Å². The quantitative estimate of drug-likeness (QED) is 0.545. The van der Waals surface area contributed by atoms with Crippen LogP contribution in [0.3, 0.4) is 0 Å². The van der Waals surface area contributed by atoms with Gasteiger partial charge in [-0.1, -0.05) is 6.42 Å². The topological polar surface area (TPSA) is 122 Å². The zero-order chi connectivity index (χ0) is 20.0. The molecule has 0 bridgehead atoms. The first kappa shape index (κ1) is 21.2. The van der Waals surface area contributed by atoms with Crippen LogP contribution in [0, 0.1) is 19.8 Å². The summed E-state index contributed by atoms with van der Waals surface area (Å²) in [6, 6.07) is 3.17. The summed E-state index contributed by atoms with van der Waals surface area (Å²) >= 11 is 0. The fraction of sp³-hybridized carbons (Fsp3) is 0.556. The van der Waals surface area contributed by atoms with Gasteiger partial charge in [0, 0.05) is 18.7 Å². The number of rotatable bonds is 10. The van der Waals surface area contributed by atoms with Gasteiger partial charge in [0.2, 0.25) is 10.0 Å². The molecule has 2 rings (SSSR count). The molecule has 1 fully saturated rings. The molecular weight excluding hydrogens is 372 g/mol. The van der Waals surface area contributed by atoms with Crippen LogP contribution in [0.5, 0.6) is 5.75 Å². The SMILES string of the molecule is Cc1cc(C(=O)NCCS(=O)(=O)NCC2CCC2)cc(C)c1OCC(=O)O. The van der Waals surface area contributed by atoms with Gasteiger partial charge in [0.05, 0.1) is 5.75 Å². The lowest BCUT2D eigenvalue weighted by atomic mass is 9.86. The smallest absolute Gasteiger partial charge is 0.341 e. The Labute approximate surface area is 159 Å². The third kappa shape index (κ3) is 6.51. The fourth-order valence-electron chi connectivity index (χ4n) is 2.86. The molecular formula is C18H26N2O6S. The summed E-state index contributed by atoms with van der Waals surface area (Å²) in [4.78, 5) is 22.9. The number of hydrogen-bond acceptors (Lipinski definition) is 5. The van der Waals surface area contributed by atoms with Crippen LogP contribution in [0.1, 0.15) is 40.7 Å². The molecule has 1 saturated carbocycles. The van der Waals surface area contributed by atoms with E-state index in [1.54, 1.807) is 26.0 Å². The number of hydrogen-bond donors (Lipinski definition) is 3. The number of carboxylic acids is 1. The Bertz CT molecular complexity index is 779. The summed E-state index contributed by atoms with van der Waals surface area (Å²) in [5.74, 6) is -0.787. The Morgan fingerprint density at radius 2 is 1.85 bits per heavy atom. The number of carboxylic acid groups (broad SMARTS) is 1. The number of aliphatic carboxylic acids is 1. The molecule has 1 aromatic rings. The molecule has 0 radical (unpaired) electrons. The van der Waals surface area contributed by atoms with Gasteiger partial charge >= 0.3 is 5.97 Å². The second-order valence-corrected chi connectivity index (χ2v) is 8.77. The third-order valence-corrected chi connectivity index (χ3v) is 5.88. The third-order valence-electron chi connectivity index (χ3n) is 4.54. The Balaban J connectivity index is 1.86. The summed E-state index contributed by atoms with van der Waals surface area (Å²) in [5.41, 5.74) is 1.64. The van der Waals surface area contributed by atoms with Gasteiger partial charge < -0.3 is 15.2 Å². The number of carbonyl (C=O) groups is 2. The van der Waals surface area contributed by atoms with Gasteiger partial charge in [0.25, 0.3) is 5.91 Å². The van der Waals surface area contributed by atoms with Crippen molar-refractivity contribution in [2.75, 3.05) is 25.4 Å². The lowest BCUT2D eigenvalue weighted by Crippen LogP contribution is -2.37. The van der Waals surface area contributed by atoms with E-state index in [9.17, 15) is 18.0 Å². The maximum Gasteiger partial charge on any atom is 0.341 e. The summed E-state index contributed by atoms with van der Waals surface area (Å²) in [6.07, 6.45) is 3.27. The van der Waals surface area contributed by atoms with Crippen LogP contribution in [0.2, 0.25) is 0 Å². The molecule has 0 spiro atoms. The minimum absolute atomic E-state index is 0.00813. The average Bonchev–Trinajstić information content (AvgIpc) is 2.51. The zero-order valence-electron chi connectivity index (χ0n) is 15.6. The van der Waals surface area contributed by atoms with Crippen molar-refractivity contribution >= 4 is 21.9 Å². The number of carbonyl (C=O) groups excluding carboxylic acids is 1. The predicted molar refractivity (Wildman–Crippen MR) is 101 cm³/mol. The highest BCUT2D eigenvalue weighted by Crippen LogP contribution is 2.26. The van der Waals surface area contributed by atoms with E-state index < -0.39 is 22.6 Å². The maximum atomic E-state index is 12.3. The Morgan fingerprint density at radius 1 is 1.22 bits per heavy atom. The maximum absolute atomic E-state index is 12.3. The molecule has 1 aromatic carbocycles. The molecule has 1 aliphatic carbocycles. The standard InChI is InChI=1S/C18H26N2O6S/c1-12-8-15(9-13(2)17(12)26-11-16(21)22)18(23)19-6-7-27(24,25)20-10-14-4-3-5-14/h8-9,14,20H,3-7,10-11H2,1-2H3,(H,19,23)(H,21,22). The van der Waals surface area contributed by atoms with Crippen LogP contribution in [0.15, 0.2) is 12.1 Å². The van der Waals surface area contributed by atoms with E-state index in [-0.39, 0.29) is 18.2 Å². The van der Waals surface area contributed by atoms with Gasteiger partial charge in [-0.15, -0.1) is 0 Å². The normalized spacial score (nSPS) is 14.4. The summed E-state index contributed by atoms with van der Waals surface area (Å²) < 4.78 is 31.7. The van der Waals surface area contributed by atoms with E-state index in [0.717, 1.165) is 19.3 Å². The van der Waals surface area contributed by atoms with Crippen molar-refractivity contribution in [3.63, 3.8) is 0 Å². The van der Waals surface area contributed by atoms with Crippen LogP contribution in [-0.2, 0) is 14.8 Å². The number of aryl methyl sites for hydroxylation is 2. The number of amides is 1. The Hall–Kier alpha value is -2.13. The summed E-state index contributed by atoms with van der Waals surface area (Å²) in [5, 5.41) is 11.3. The number of sulfonamides is 1. The molecule has 1 amide bonds. The number of nitrogens with one attached hydrogen (secondary N) is 2. The molecule has 3 N–H and O–H groups in total. The molecule has 0 atom stereocenters. The Morgan fingerprint density at radius 3 is 2.37 bits per heavy atom. The van der Waals surface area contributed by atoms with Crippen LogP contribution in [0.4, 0.5) is 0 Å². The minimum atomic E-state index is -3.41. The van der Waals surface area contributed by atoms with Gasteiger partial charge in [-0.05, 0) is 55.9 Å². The van der Waals surface area contributed by atoms with Crippen LogP contribution < -0.4 is 14.8 Å². The summed E-state index contributed by atoms with van der Waals surface area (Å²) in [6.45, 7) is 3.45. The fourth-order valence-corrected chi connectivity index (χ4v) is 3.86. The van der Waals surface area contributed by atoms with Gasteiger partial charge in [0.15, 0.2) is 6.61 Å². The second kappa shape index (κ2) is 9.18. The lowest BCUT2D eigenvalue weighted by molar-refractivity contribution is -0.139. The second-order valence-electron chi connectivity index (χ2n) is 6.84. The van der Waals surface area contributed by atoms with E-state index in [0.29, 0.717) is 34.9 Å². The average molecular weight is 398 g/mol. The van der Waals surface area contributed by atoms with Gasteiger partial charge in [0.1, 0.15) is 5.75 Å². The highest BCUT2D eigenvalue weighted by Gasteiger charge is 2.20. The first-order chi connectivity index (χ1) is 12.7. The minimum Gasteiger partial charge on any atom is -0.481 e. The van der Waals surface area contributed by atoms with E-state index in [2.05, 4.69) is 10.0 Å².